The van der Waals surface area contributed by atoms with E-state index in [0.29, 0.717) is 10.6 Å². The van der Waals surface area contributed by atoms with E-state index in [9.17, 15) is 4.79 Å². The van der Waals surface area contributed by atoms with Crippen LogP contribution in [-0.4, -0.2) is 41.5 Å². The number of piperidine rings is 1. The first kappa shape index (κ1) is 15.4. The summed E-state index contributed by atoms with van der Waals surface area (Å²) in [6.45, 7) is 1.74. The number of halogens is 1. The number of hydrogen-bond donors (Lipinski definition) is 2. The molecule has 1 aromatic rings. The lowest BCUT2D eigenvalue weighted by atomic mass is 9.87. The third kappa shape index (κ3) is 3.19. The second-order valence-corrected chi connectivity index (χ2v) is 6.48. The molecule has 6 heteroatoms. The summed E-state index contributed by atoms with van der Waals surface area (Å²) in [6, 6.07) is 7.33. The normalized spacial score (nSPS) is 18.5. The lowest BCUT2D eigenvalue weighted by Gasteiger charge is -2.40. The molecular formula is C14H18BrN3OS. The van der Waals surface area contributed by atoms with Crippen molar-refractivity contribution in [1.82, 2.24) is 10.2 Å². The Morgan fingerprint density at radius 3 is 2.55 bits per heavy atom. The van der Waals surface area contributed by atoms with Crippen LogP contribution in [0.15, 0.2) is 28.7 Å². The highest BCUT2D eigenvalue weighted by Gasteiger charge is 2.38. The van der Waals surface area contributed by atoms with Gasteiger partial charge in [0.1, 0.15) is 0 Å². The molecule has 1 heterocycles. The molecule has 1 aliphatic rings. The van der Waals surface area contributed by atoms with E-state index in [0.717, 1.165) is 30.4 Å². The molecule has 0 aromatic heterocycles. The number of hydrogen-bond acceptors (Lipinski definition) is 3. The maximum absolute atomic E-state index is 12.5. The number of carbonyl (C=O) groups is 1. The summed E-state index contributed by atoms with van der Waals surface area (Å²) in [6.07, 6.45) is 1.49. The predicted octanol–water partition coefficient (Wildman–Crippen LogP) is 1.93. The summed E-state index contributed by atoms with van der Waals surface area (Å²) in [7, 11) is 2.05. The van der Waals surface area contributed by atoms with Gasteiger partial charge in [-0.05, 0) is 48.0 Å². The first-order chi connectivity index (χ1) is 9.44. The average Bonchev–Trinajstić information content (AvgIpc) is 2.41. The summed E-state index contributed by atoms with van der Waals surface area (Å²) in [5.74, 6) is -0.144. The topological polar surface area (TPSA) is 58.4 Å². The highest BCUT2D eigenvalue weighted by Crippen LogP contribution is 2.24. The van der Waals surface area contributed by atoms with Crippen molar-refractivity contribution in [2.75, 3.05) is 20.1 Å². The van der Waals surface area contributed by atoms with Gasteiger partial charge in [-0.2, -0.15) is 0 Å². The molecule has 108 valence electrons. The predicted molar refractivity (Wildman–Crippen MR) is 87.9 cm³/mol. The van der Waals surface area contributed by atoms with Gasteiger partial charge in [0, 0.05) is 17.6 Å². The van der Waals surface area contributed by atoms with Gasteiger partial charge in [-0.3, -0.25) is 4.79 Å². The minimum absolute atomic E-state index is 0.144. The lowest BCUT2D eigenvalue weighted by molar-refractivity contribution is 0.0889. The minimum atomic E-state index is -0.575. The van der Waals surface area contributed by atoms with Crippen LogP contribution in [0, 0.1) is 0 Å². The summed E-state index contributed by atoms with van der Waals surface area (Å²) >= 11 is 8.59. The monoisotopic (exact) mass is 355 g/mol. The first-order valence-electron chi connectivity index (χ1n) is 6.50. The van der Waals surface area contributed by atoms with E-state index in [1.165, 1.54) is 0 Å². The van der Waals surface area contributed by atoms with Crippen molar-refractivity contribution >= 4 is 39.0 Å². The molecule has 0 saturated carbocycles. The van der Waals surface area contributed by atoms with Gasteiger partial charge >= 0.3 is 0 Å². The van der Waals surface area contributed by atoms with E-state index in [-0.39, 0.29) is 5.91 Å². The Morgan fingerprint density at radius 1 is 1.40 bits per heavy atom. The van der Waals surface area contributed by atoms with E-state index in [1.54, 1.807) is 6.07 Å². The summed E-state index contributed by atoms with van der Waals surface area (Å²) in [5, 5.41) is 3.05. The molecule has 1 fully saturated rings. The second-order valence-electron chi connectivity index (χ2n) is 5.18. The fourth-order valence-electron chi connectivity index (χ4n) is 2.36. The van der Waals surface area contributed by atoms with Gasteiger partial charge in [0.2, 0.25) is 0 Å². The number of amides is 1. The van der Waals surface area contributed by atoms with E-state index < -0.39 is 5.54 Å². The fourth-order valence-corrected chi connectivity index (χ4v) is 3.08. The number of nitrogens with two attached hydrogens (primary N) is 1. The molecule has 1 aliphatic heterocycles. The van der Waals surface area contributed by atoms with Crippen molar-refractivity contribution in [1.29, 1.82) is 0 Å². The Bertz CT molecular complexity index is 527. The van der Waals surface area contributed by atoms with Crippen LogP contribution in [0.4, 0.5) is 0 Å². The molecule has 1 aromatic carbocycles. The SMILES string of the molecule is CN1CCC(NC(=O)c2ccccc2Br)(C(N)=S)CC1. The third-order valence-electron chi connectivity index (χ3n) is 3.78. The van der Waals surface area contributed by atoms with Gasteiger partial charge in [0.15, 0.2) is 0 Å². The summed E-state index contributed by atoms with van der Waals surface area (Å²) in [5.41, 5.74) is 5.92. The van der Waals surface area contributed by atoms with E-state index in [2.05, 4.69) is 33.2 Å². The largest absolute Gasteiger partial charge is 0.391 e. The van der Waals surface area contributed by atoms with Gasteiger partial charge in [-0.25, -0.2) is 0 Å². The van der Waals surface area contributed by atoms with Crippen LogP contribution >= 0.6 is 28.1 Å². The zero-order valence-electron chi connectivity index (χ0n) is 11.4. The maximum atomic E-state index is 12.5. The van der Waals surface area contributed by atoms with Crippen LogP contribution in [0.3, 0.4) is 0 Å². The number of benzene rings is 1. The van der Waals surface area contributed by atoms with Crippen LogP contribution in [0.2, 0.25) is 0 Å². The van der Waals surface area contributed by atoms with Crippen LogP contribution in [0.5, 0.6) is 0 Å². The molecule has 1 saturated heterocycles. The summed E-state index contributed by atoms with van der Waals surface area (Å²) < 4.78 is 0.767. The molecule has 3 N–H and O–H groups in total. The van der Waals surface area contributed by atoms with Crippen molar-refractivity contribution in [3.8, 4) is 0 Å². The van der Waals surface area contributed by atoms with Gasteiger partial charge < -0.3 is 16.0 Å². The molecule has 0 radical (unpaired) electrons. The zero-order chi connectivity index (χ0) is 14.8. The smallest absolute Gasteiger partial charge is 0.253 e. The average molecular weight is 356 g/mol. The summed E-state index contributed by atoms with van der Waals surface area (Å²) in [4.78, 5) is 15.0. The van der Waals surface area contributed by atoms with Crippen LogP contribution in [-0.2, 0) is 0 Å². The molecule has 20 heavy (non-hydrogen) atoms. The fraction of sp³-hybridized carbons (Fsp3) is 0.429. The van der Waals surface area contributed by atoms with Gasteiger partial charge in [-0.15, -0.1) is 0 Å². The number of nitrogens with zero attached hydrogens (tertiary/aromatic N) is 1. The molecular weight excluding hydrogens is 338 g/mol. The molecule has 1 amide bonds. The van der Waals surface area contributed by atoms with Crippen LogP contribution < -0.4 is 11.1 Å². The first-order valence-corrected chi connectivity index (χ1v) is 7.70. The van der Waals surface area contributed by atoms with Crippen molar-refractivity contribution in [3.05, 3.63) is 34.3 Å². The molecule has 0 atom stereocenters. The Hall–Kier alpha value is -0.980. The number of thiocarbonyl (C=S) groups is 1. The zero-order valence-corrected chi connectivity index (χ0v) is 13.8. The van der Waals surface area contributed by atoms with E-state index in [4.69, 9.17) is 18.0 Å². The van der Waals surface area contributed by atoms with Crippen molar-refractivity contribution in [2.24, 2.45) is 5.73 Å². The Balaban J connectivity index is 2.19. The van der Waals surface area contributed by atoms with Crippen molar-refractivity contribution in [3.63, 3.8) is 0 Å². The second kappa shape index (κ2) is 6.20. The Labute approximate surface area is 132 Å². The molecule has 0 spiro atoms. The van der Waals surface area contributed by atoms with E-state index in [1.807, 2.05) is 18.2 Å². The quantitative estimate of drug-likeness (QED) is 0.813. The van der Waals surface area contributed by atoms with E-state index >= 15 is 0 Å². The molecule has 0 aliphatic carbocycles. The van der Waals surface area contributed by atoms with Crippen molar-refractivity contribution in [2.45, 2.75) is 18.4 Å². The molecule has 0 bridgehead atoms. The third-order valence-corrected chi connectivity index (χ3v) is 4.87. The molecule has 4 nitrogen and oxygen atoms in total. The highest BCUT2D eigenvalue weighted by atomic mass is 79.9. The number of carbonyl (C=O) groups excluding carboxylic acids is 1. The van der Waals surface area contributed by atoms with Crippen LogP contribution in [0.1, 0.15) is 23.2 Å². The van der Waals surface area contributed by atoms with Gasteiger partial charge in [-0.1, -0.05) is 24.4 Å². The van der Waals surface area contributed by atoms with Gasteiger partial charge in [0.05, 0.1) is 16.1 Å². The lowest BCUT2D eigenvalue weighted by Crippen LogP contribution is -2.61. The standard InChI is InChI=1S/C14H18BrN3OS/c1-18-8-6-14(7-9-18,13(16)20)17-12(19)10-4-2-3-5-11(10)15/h2-5H,6-9H2,1H3,(H2,16,20)(H,17,19). The maximum Gasteiger partial charge on any atom is 0.253 e. The van der Waals surface area contributed by atoms with Gasteiger partial charge in [0.25, 0.3) is 5.91 Å². The van der Waals surface area contributed by atoms with Crippen molar-refractivity contribution < 1.29 is 4.79 Å². The number of rotatable bonds is 3. The molecule has 0 unspecified atom stereocenters. The van der Waals surface area contributed by atoms with Crippen LogP contribution in [0.25, 0.3) is 0 Å². The minimum Gasteiger partial charge on any atom is -0.391 e. The molecule has 2 rings (SSSR count). The number of nitrogens with one attached hydrogen (secondary N) is 1. The highest BCUT2D eigenvalue weighted by molar-refractivity contribution is 9.10. The Morgan fingerprint density at radius 2 is 2.00 bits per heavy atom. The Kier molecular flexibility index (Phi) is 4.78. The number of likely N-dealkylation sites (tertiary alicyclic amines) is 1.